The summed E-state index contributed by atoms with van der Waals surface area (Å²) >= 11 is 6.30. The lowest BCUT2D eigenvalue weighted by molar-refractivity contribution is 0.0979. The van der Waals surface area contributed by atoms with Gasteiger partial charge in [0, 0.05) is 29.2 Å². The van der Waals surface area contributed by atoms with Gasteiger partial charge >= 0.3 is 0 Å². The van der Waals surface area contributed by atoms with E-state index in [9.17, 15) is 4.79 Å². The van der Waals surface area contributed by atoms with Gasteiger partial charge < -0.3 is 9.72 Å². The van der Waals surface area contributed by atoms with Crippen LogP contribution in [0.15, 0.2) is 59.5 Å². The normalized spacial score (nSPS) is 19.8. The Morgan fingerprint density at radius 2 is 1.89 bits per heavy atom. The summed E-state index contributed by atoms with van der Waals surface area (Å²) in [7, 11) is 2.18. The fourth-order valence-electron chi connectivity index (χ4n) is 4.06. The SMILES string of the molecule is CN(Cc1ccccc1Cl)[C@H]1CC[C@H](Oc2ccc3c(=O)[nH]ccc3c2)CC1. The maximum absolute atomic E-state index is 11.8. The number of aromatic amines is 1. The molecule has 0 amide bonds. The molecule has 4 nitrogen and oxygen atoms in total. The molecular weight excluding hydrogens is 372 g/mol. The van der Waals surface area contributed by atoms with E-state index in [0.717, 1.165) is 48.4 Å². The predicted octanol–water partition coefficient (Wildman–Crippen LogP) is 5.00. The van der Waals surface area contributed by atoms with Crippen LogP contribution in [0.3, 0.4) is 0 Å². The monoisotopic (exact) mass is 396 g/mol. The molecule has 0 atom stereocenters. The van der Waals surface area contributed by atoms with E-state index in [4.69, 9.17) is 16.3 Å². The molecular formula is C23H25ClN2O2. The Balaban J connectivity index is 1.34. The standard InChI is InChI=1S/C23H25ClN2O2/c1-26(15-17-4-2-3-5-22(17)24)18-6-8-19(9-7-18)28-20-10-11-21-16(14-20)12-13-25-23(21)27/h2-5,10-14,18-19H,6-9,15H2,1H3,(H,25,27)/t18-,19-. The zero-order valence-corrected chi connectivity index (χ0v) is 16.8. The van der Waals surface area contributed by atoms with Crippen LogP contribution in [0.1, 0.15) is 31.2 Å². The second kappa shape index (κ2) is 8.38. The van der Waals surface area contributed by atoms with Crippen LogP contribution in [0.2, 0.25) is 5.02 Å². The first-order chi connectivity index (χ1) is 13.6. The molecule has 0 radical (unpaired) electrons. The number of benzene rings is 2. The number of nitrogens with zero attached hydrogens (tertiary/aromatic N) is 1. The Labute approximate surface area is 170 Å². The number of hydrogen-bond acceptors (Lipinski definition) is 3. The van der Waals surface area contributed by atoms with Crippen molar-refractivity contribution in [2.24, 2.45) is 0 Å². The molecule has 0 bridgehead atoms. The average Bonchev–Trinajstić information content (AvgIpc) is 2.70. The van der Waals surface area contributed by atoms with Gasteiger partial charge in [0.1, 0.15) is 5.75 Å². The van der Waals surface area contributed by atoms with Crippen LogP contribution in [0.4, 0.5) is 0 Å². The topological polar surface area (TPSA) is 45.3 Å². The van der Waals surface area contributed by atoms with Gasteiger partial charge in [0.2, 0.25) is 0 Å². The Hall–Kier alpha value is -2.30. The average molecular weight is 397 g/mol. The third-order valence-electron chi connectivity index (χ3n) is 5.69. The first kappa shape index (κ1) is 19.0. The van der Waals surface area contributed by atoms with Gasteiger partial charge in [-0.3, -0.25) is 9.69 Å². The van der Waals surface area contributed by atoms with Gasteiger partial charge in [0.25, 0.3) is 5.56 Å². The van der Waals surface area contributed by atoms with Crippen LogP contribution in [-0.4, -0.2) is 29.1 Å². The number of H-pyrrole nitrogens is 1. The Morgan fingerprint density at radius 3 is 2.68 bits per heavy atom. The highest BCUT2D eigenvalue weighted by Crippen LogP contribution is 2.29. The van der Waals surface area contributed by atoms with Crippen LogP contribution in [0.5, 0.6) is 5.75 Å². The fourth-order valence-corrected chi connectivity index (χ4v) is 4.26. The van der Waals surface area contributed by atoms with Crippen LogP contribution < -0.4 is 10.3 Å². The van der Waals surface area contributed by atoms with Crippen molar-refractivity contribution in [2.45, 2.75) is 44.4 Å². The molecule has 1 fully saturated rings. The number of rotatable bonds is 5. The van der Waals surface area contributed by atoms with E-state index >= 15 is 0 Å². The zero-order valence-electron chi connectivity index (χ0n) is 16.0. The Morgan fingerprint density at radius 1 is 1.11 bits per heavy atom. The number of pyridine rings is 1. The molecule has 1 heterocycles. The van der Waals surface area contributed by atoms with E-state index < -0.39 is 0 Å². The molecule has 1 aromatic heterocycles. The molecule has 4 rings (SSSR count). The minimum absolute atomic E-state index is 0.0638. The van der Waals surface area contributed by atoms with Crippen molar-refractivity contribution < 1.29 is 4.74 Å². The fraction of sp³-hybridized carbons (Fsp3) is 0.348. The highest BCUT2D eigenvalue weighted by molar-refractivity contribution is 6.31. The first-order valence-electron chi connectivity index (χ1n) is 9.82. The molecule has 1 aliphatic carbocycles. The molecule has 1 N–H and O–H groups in total. The largest absolute Gasteiger partial charge is 0.490 e. The van der Waals surface area contributed by atoms with Crippen LogP contribution >= 0.6 is 11.6 Å². The third-order valence-corrected chi connectivity index (χ3v) is 6.06. The van der Waals surface area contributed by atoms with Gasteiger partial charge in [-0.1, -0.05) is 29.8 Å². The van der Waals surface area contributed by atoms with Crippen molar-refractivity contribution in [3.63, 3.8) is 0 Å². The Kier molecular flexibility index (Phi) is 5.69. The Bertz CT molecular complexity index is 1010. The maximum atomic E-state index is 11.8. The van der Waals surface area contributed by atoms with Crippen molar-refractivity contribution in [1.82, 2.24) is 9.88 Å². The van der Waals surface area contributed by atoms with E-state index in [2.05, 4.69) is 23.0 Å². The van der Waals surface area contributed by atoms with E-state index in [1.807, 2.05) is 42.5 Å². The predicted molar refractivity (Wildman–Crippen MR) is 114 cm³/mol. The van der Waals surface area contributed by atoms with Crippen LogP contribution in [0.25, 0.3) is 10.8 Å². The number of nitrogens with one attached hydrogen (secondary N) is 1. The summed E-state index contributed by atoms with van der Waals surface area (Å²) in [6.45, 7) is 0.870. The third kappa shape index (κ3) is 4.23. The van der Waals surface area contributed by atoms with Gasteiger partial charge in [-0.15, -0.1) is 0 Å². The number of ether oxygens (including phenoxy) is 1. The lowest BCUT2D eigenvalue weighted by Crippen LogP contribution is -2.37. The quantitative estimate of drug-likeness (QED) is 0.659. The minimum atomic E-state index is -0.0638. The summed E-state index contributed by atoms with van der Waals surface area (Å²) in [5, 5.41) is 2.44. The lowest BCUT2D eigenvalue weighted by Gasteiger charge is -2.35. The van der Waals surface area contributed by atoms with Gasteiger partial charge in [-0.2, -0.15) is 0 Å². The second-order valence-electron chi connectivity index (χ2n) is 7.61. The van der Waals surface area contributed by atoms with Crippen LogP contribution in [-0.2, 0) is 6.54 Å². The number of hydrogen-bond donors (Lipinski definition) is 1. The smallest absolute Gasteiger partial charge is 0.255 e. The zero-order chi connectivity index (χ0) is 19.5. The van der Waals surface area contributed by atoms with Crippen molar-refractivity contribution >= 4 is 22.4 Å². The maximum Gasteiger partial charge on any atom is 0.255 e. The lowest BCUT2D eigenvalue weighted by atomic mass is 9.91. The molecule has 28 heavy (non-hydrogen) atoms. The first-order valence-corrected chi connectivity index (χ1v) is 10.2. The molecule has 2 aromatic carbocycles. The molecule has 1 saturated carbocycles. The molecule has 5 heteroatoms. The molecule has 0 aliphatic heterocycles. The van der Waals surface area contributed by atoms with Gasteiger partial charge in [-0.05, 0) is 74.0 Å². The van der Waals surface area contributed by atoms with Crippen molar-refractivity contribution in [2.75, 3.05) is 7.05 Å². The summed E-state index contributed by atoms with van der Waals surface area (Å²) in [6.07, 6.45) is 6.19. The van der Waals surface area contributed by atoms with Gasteiger partial charge in [0.05, 0.1) is 6.10 Å². The number of fused-ring (bicyclic) bond motifs is 1. The summed E-state index contributed by atoms with van der Waals surface area (Å²) < 4.78 is 6.22. The van der Waals surface area contributed by atoms with Gasteiger partial charge in [-0.25, -0.2) is 0 Å². The van der Waals surface area contributed by atoms with E-state index in [0.29, 0.717) is 11.4 Å². The summed E-state index contributed by atoms with van der Waals surface area (Å²) in [5.74, 6) is 0.839. The summed E-state index contributed by atoms with van der Waals surface area (Å²) in [6, 6.07) is 16.2. The van der Waals surface area contributed by atoms with E-state index in [-0.39, 0.29) is 11.7 Å². The van der Waals surface area contributed by atoms with Crippen LogP contribution in [0, 0.1) is 0 Å². The number of halogens is 1. The van der Waals surface area contributed by atoms with Crippen molar-refractivity contribution in [3.8, 4) is 5.75 Å². The summed E-state index contributed by atoms with van der Waals surface area (Å²) in [5.41, 5.74) is 1.11. The summed E-state index contributed by atoms with van der Waals surface area (Å²) in [4.78, 5) is 16.9. The minimum Gasteiger partial charge on any atom is -0.490 e. The molecule has 3 aromatic rings. The second-order valence-corrected chi connectivity index (χ2v) is 8.02. The molecule has 0 spiro atoms. The number of aromatic nitrogens is 1. The van der Waals surface area contributed by atoms with Gasteiger partial charge in [0.15, 0.2) is 0 Å². The molecule has 0 unspecified atom stereocenters. The van der Waals surface area contributed by atoms with E-state index in [1.54, 1.807) is 6.20 Å². The molecule has 1 aliphatic rings. The van der Waals surface area contributed by atoms with Crippen molar-refractivity contribution in [1.29, 1.82) is 0 Å². The molecule has 146 valence electrons. The van der Waals surface area contributed by atoms with E-state index in [1.165, 1.54) is 5.56 Å². The van der Waals surface area contributed by atoms with Crippen molar-refractivity contribution in [3.05, 3.63) is 75.7 Å². The molecule has 0 saturated heterocycles. The highest BCUT2D eigenvalue weighted by atomic mass is 35.5. The highest BCUT2D eigenvalue weighted by Gasteiger charge is 2.25.